The Labute approximate surface area is 114 Å². The molecular formula is C15H22FNO2. The number of hydrogen-bond acceptors (Lipinski definition) is 2. The number of likely N-dealkylation sites (N-methyl/N-ethyl adjacent to an activating group) is 1. The van der Waals surface area contributed by atoms with Gasteiger partial charge in [0.15, 0.2) is 0 Å². The van der Waals surface area contributed by atoms with E-state index in [9.17, 15) is 9.18 Å². The van der Waals surface area contributed by atoms with Gasteiger partial charge in [-0.15, -0.1) is 0 Å². The van der Waals surface area contributed by atoms with Crippen molar-refractivity contribution in [2.45, 2.75) is 26.7 Å². The minimum Gasteiger partial charge on any atom is -0.481 e. The molecule has 0 atom stereocenters. The first-order valence-corrected chi connectivity index (χ1v) is 6.43. The molecule has 1 aromatic carbocycles. The Balaban J connectivity index is 2.43. The fraction of sp³-hybridized carbons (Fsp3) is 0.533. The van der Waals surface area contributed by atoms with E-state index in [-0.39, 0.29) is 17.7 Å². The van der Waals surface area contributed by atoms with Gasteiger partial charge < -0.3 is 10.0 Å². The smallest absolute Gasteiger partial charge is 0.303 e. The van der Waals surface area contributed by atoms with Gasteiger partial charge in [-0.1, -0.05) is 26.0 Å². The molecule has 0 fully saturated rings. The maximum atomic E-state index is 13.0. The third-order valence-corrected chi connectivity index (χ3v) is 3.00. The van der Waals surface area contributed by atoms with Crippen LogP contribution in [0.1, 0.15) is 25.8 Å². The quantitative estimate of drug-likeness (QED) is 0.826. The van der Waals surface area contributed by atoms with Crippen molar-refractivity contribution in [3.8, 4) is 0 Å². The van der Waals surface area contributed by atoms with Crippen LogP contribution in [-0.2, 0) is 11.2 Å². The first-order valence-electron chi connectivity index (χ1n) is 6.43. The number of halogens is 1. The molecule has 0 heterocycles. The third-order valence-electron chi connectivity index (χ3n) is 3.00. The second kappa shape index (κ2) is 6.66. The van der Waals surface area contributed by atoms with Gasteiger partial charge in [0.05, 0.1) is 6.42 Å². The highest BCUT2D eigenvalue weighted by Gasteiger charge is 2.23. The Bertz CT molecular complexity index is 432. The Morgan fingerprint density at radius 2 is 2.11 bits per heavy atom. The van der Waals surface area contributed by atoms with Crippen LogP contribution in [0.4, 0.5) is 4.39 Å². The molecule has 0 aromatic heterocycles. The molecule has 0 aliphatic rings. The highest BCUT2D eigenvalue weighted by atomic mass is 19.1. The molecule has 0 aliphatic carbocycles. The Hall–Kier alpha value is -1.42. The summed E-state index contributed by atoms with van der Waals surface area (Å²) in [6.07, 6.45) is 0.911. The minimum absolute atomic E-state index is 0.150. The average Bonchev–Trinajstić information content (AvgIpc) is 2.24. The zero-order valence-electron chi connectivity index (χ0n) is 11.8. The maximum Gasteiger partial charge on any atom is 0.303 e. The zero-order valence-corrected chi connectivity index (χ0v) is 11.8. The van der Waals surface area contributed by atoms with E-state index in [2.05, 4.69) is 4.90 Å². The zero-order chi connectivity index (χ0) is 14.5. The van der Waals surface area contributed by atoms with E-state index in [4.69, 9.17) is 5.11 Å². The van der Waals surface area contributed by atoms with Crippen LogP contribution in [0.2, 0.25) is 0 Å². The van der Waals surface area contributed by atoms with Crippen LogP contribution in [0.5, 0.6) is 0 Å². The topological polar surface area (TPSA) is 40.5 Å². The highest BCUT2D eigenvalue weighted by molar-refractivity contribution is 5.67. The van der Waals surface area contributed by atoms with Gasteiger partial charge in [0.1, 0.15) is 5.82 Å². The maximum absolute atomic E-state index is 13.0. The van der Waals surface area contributed by atoms with Gasteiger partial charge in [-0.3, -0.25) is 4.79 Å². The molecule has 1 aromatic rings. The number of carboxylic acids is 1. The molecule has 3 nitrogen and oxygen atoms in total. The lowest BCUT2D eigenvalue weighted by Gasteiger charge is -2.29. The standard InChI is InChI=1S/C15H22FNO2/c1-15(2,10-14(18)19)11-17(3)8-7-12-5-4-6-13(16)9-12/h4-6,9H,7-8,10-11H2,1-3H3,(H,18,19). The lowest BCUT2D eigenvalue weighted by molar-refractivity contribution is -0.139. The Morgan fingerprint density at radius 3 is 2.68 bits per heavy atom. The van der Waals surface area contributed by atoms with Crippen molar-refractivity contribution < 1.29 is 14.3 Å². The molecular weight excluding hydrogens is 245 g/mol. The summed E-state index contributed by atoms with van der Waals surface area (Å²) in [7, 11) is 1.96. The summed E-state index contributed by atoms with van der Waals surface area (Å²) in [4.78, 5) is 12.8. The molecule has 0 saturated carbocycles. The van der Waals surface area contributed by atoms with Crippen molar-refractivity contribution in [3.63, 3.8) is 0 Å². The van der Waals surface area contributed by atoms with Gasteiger partial charge in [-0.05, 0) is 36.6 Å². The fourth-order valence-corrected chi connectivity index (χ4v) is 2.29. The molecule has 0 amide bonds. The molecule has 0 unspecified atom stereocenters. The number of hydrogen-bond donors (Lipinski definition) is 1. The summed E-state index contributed by atoms with van der Waals surface area (Å²) in [5.41, 5.74) is 0.700. The molecule has 4 heteroatoms. The number of carbonyl (C=O) groups is 1. The number of rotatable bonds is 7. The monoisotopic (exact) mass is 267 g/mol. The Morgan fingerprint density at radius 1 is 1.42 bits per heavy atom. The first-order chi connectivity index (χ1) is 8.78. The van der Waals surface area contributed by atoms with E-state index in [1.165, 1.54) is 12.1 Å². The van der Waals surface area contributed by atoms with Gasteiger partial charge in [0.2, 0.25) is 0 Å². The second-order valence-corrected chi connectivity index (χ2v) is 5.85. The number of benzene rings is 1. The van der Waals surface area contributed by atoms with Crippen LogP contribution in [0.3, 0.4) is 0 Å². The second-order valence-electron chi connectivity index (χ2n) is 5.85. The van der Waals surface area contributed by atoms with E-state index in [0.29, 0.717) is 6.54 Å². The summed E-state index contributed by atoms with van der Waals surface area (Å²) >= 11 is 0. The molecule has 106 valence electrons. The van der Waals surface area contributed by atoms with Gasteiger partial charge in [-0.25, -0.2) is 4.39 Å². The van der Waals surface area contributed by atoms with Crippen LogP contribution in [-0.4, -0.2) is 36.1 Å². The average molecular weight is 267 g/mol. The highest BCUT2D eigenvalue weighted by Crippen LogP contribution is 2.21. The predicted molar refractivity (Wildman–Crippen MR) is 73.6 cm³/mol. The predicted octanol–water partition coefficient (Wildman–Crippen LogP) is 2.80. The summed E-state index contributed by atoms with van der Waals surface area (Å²) in [5, 5.41) is 8.84. The van der Waals surface area contributed by atoms with Gasteiger partial charge in [0, 0.05) is 13.1 Å². The molecule has 1 N–H and O–H groups in total. The van der Waals surface area contributed by atoms with Gasteiger partial charge >= 0.3 is 5.97 Å². The van der Waals surface area contributed by atoms with Crippen molar-refractivity contribution in [2.75, 3.05) is 20.1 Å². The molecule has 0 saturated heterocycles. The largest absolute Gasteiger partial charge is 0.481 e. The molecule has 19 heavy (non-hydrogen) atoms. The van der Waals surface area contributed by atoms with Crippen LogP contribution in [0.25, 0.3) is 0 Å². The first kappa shape index (κ1) is 15.6. The summed E-state index contributed by atoms with van der Waals surface area (Å²) in [6.45, 7) is 5.38. The summed E-state index contributed by atoms with van der Waals surface area (Å²) in [6, 6.07) is 6.58. The molecule has 0 bridgehead atoms. The summed E-state index contributed by atoms with van der Waals surface area (Å²) in [5.74, 6) is -0.991. The van der Waals surface area contributed by atoms with Crippen LogP contribution in [0.15, 0.2) is 24.3 Å². The SMILES string of the molecule is CN(CCc1cccc(F)c1)CC(C)(C)CC(=O)O. The van der Waals surface area contributed by atoms with E-state index >= 15 is 0 Å². The van der Waals surface area contributed by atoms with E-state index in [1.807, 2.05) is 27.0 Å². The lowest BCUT2D eigenvalue weighted by Crippen LogP contribution is -2.34. The Kier molecular flexibility index (Phi) is 5.48. The van der Waals surface area contributed by atoms with Crippen molar-refractivity contribution in [3.05, 3.63) is 35.6 Å². The van der Waals surface area contributed by atoms with Crippen molar-refractivity contribution >= 4 is 5.97 Å². The third kappa shape index (κ3) is 6.34. The number of nitrogens with zero attached hydrogens (tertiary/aromatic N) is 1. The fourth-order valence-electron chi connectivity index (χ4n) is 2.29. The van der Waals surface area contributed by atoms with Gasteiger partial charge in [0.25, 0.3) is 0 Å². The number of aliphatic carboxylic acids is 1. The van der Waals surface area contributed by atoms with Crippen molar-refractivity contribution in [2.24, 2.45) is 5.41 Å². The molecule has 0 radical (unpaired) electrons. The summed E-state index contributed by atoms with van der Waals surface area (Å²) < 4.78 is 13.0. The van der Waals surface area contributed by atoms with E-state index in [0.717, 1.165) is 18.5 Å². The van der Waals surface area contributed by atoms with Gasteiger partial charge in [-0.2, -0.15) is 0 Å². The van der Waals surface area contributed by atoms with Crippen LogP contribution >= 0.6 is 0 Å². The number of carboxylic acid groups (broad SMARTS) is 1. The molecule has 0 spiro atoms. The van der Waals surface area contributed by atoms with Crippen LogP contribution in [0, 0.1) is 11.2 Å². The molecule has 0 aliphatic heterocycles. The van der Waals surface area contributed by atoms with E-state index < -0.39 is 5.97 Å². The normalized spacial score (nSPS) is 11.8. The van der Waals surface area contributed by atoms with Crippen molar-refractivity contribution in [1.29, 1.82) is 0 Å². The van der Waals surface area contributed by atoms with Crippen molar-refractivity contribution in [1.82, 2.24) is 4.90 Å². The minimum atomic E-state index is -0.775. The van der Waals surface area contributed by atoms with E-state index in [1.54, 1.807) is 6.07 Å². The molecule has 1 rings (SSSR count). The van der Waals surface area contributed by atoms with Crippen LogP contribution < -0.4 is 0 Å². The lowest BCUT2D eigenvalue weighted by atomic mass is 9.89.